The molecule has 1 aromatic heterocycles. The second kappa shape index (κ2) is 7.33. The number of amides is 2. The molecule has 0 aliphatic carbocycles. The van der Waals surface area contributed by atoms with Gasteiger partial charge in [0.25, 0.3) is 0 Å². The second-order valence-electron chi connectivity index (χ2n) is 5.61. The van der Waals surface area contributed by atoms with Crippen LogP contribution in [0.3, 0.4) is 0 Å². The van der Waals surface area contributed by atoms with Gasteiger partial charge in [0, 0.05) is 16.6 Å². The maximum absolute atomic E-state index is 13.8. The summed E-state index contributed by atoms with van der Waals surface area (Å²) < 4.78 is 26.4. The molecule has 2 aromatic carbocycles. The van der Waals surface area contributed by atoms with Crippen molar-refractivity contribution >= 4 is 43.9 Å². The van der Waals surface area contributed by atoms with E-state index in [2.05, 4.69) is 10.6 Å². The highest BCUT2D eigenvalue weighted by molar-refractivity contribution is 7.84. The molecule has 0 fully saturated rings. The van der Waals surface area contributed by atoms with E-state index in [9.17, 15) is 13.4 Å². The Bertz CT molecular complexity index is 955. The quantitative estimate of drug-likeness (QED) is 0.696. The third kappa shape index (κ3) is 3.88. The topological polar surface area (TPSA) is 58.2 Å². The van der Waals surface area contributed by atoms with E-state index in [1.807, 2.05) is 36.6 Å². The van der Waals surface area contributed by atoms with Crippen LogP contribution in [0.2, 0.25) is 0 Å². The second-order valence-corrected chi connectivity index (χ2v) is 7.87. The predicted octanol–water partition coefficient (Wildman–Crippen LogP) is 4.66. The summed E-state index contributed by atoms with van der Waals surface area (Å²) in [4.78, 5) is 12.3. The van der Waals surface area contributed by atoms with Crippen LogP contribution in [-0.4, -0.2) is 16.5 Å². The molecular weight excluding hydrogens is 359 g/mol. The summed E-state index contributed by atoms with van der Waals surface area (Å²) in [5.41, 5.74) is 1.35. The number of hydrogen-bond donors (Lipinski definition) is 2. The van der Waals surface area contributed by atoms with Gasteiger partial charge in [0.15, 0.2) is 0 Å². The summed E-state index contributed by atoms with van der Waals surface area (Å²) in [6.07, 6.45) is 1.41. The molecule has 130 valence electrons. The lowest BCUT2D eigenvalue weighted by molar-refractivity contribution is 0.249. The first-order chi connectivity index (χ1) is 12.0. The number of thiophene rings is 1. The fourth-order valence-corrected chi connectivity index (χ4v) is 4.24. The van der Waals surface area contributed by atoms with Crippen molar-refractivity contribution in [3.8, 4) is 0 Å². The first-order valence-corrected chi connectivity index (χ1v) is 10.1. The molecule has 3 aromatic rings. The lowest BCUT2D eigenvalue weighted by atomic mass is 10.1. The first kappa shape index (κ1) is 17.6. The number of halogens is 1. The molecule has 25 heavy (non-hydrogen) atoms. The molecular formula is C18H17FN2O2S2. The van der Waals surface area contributed by atoms with Crippen LogP contribution in [0.25, 0.3) is 10.1 Å². The SMILES string of the molecule is CC(NC(=O)Nc1ccc(S(C)=O)c(F)c1)c1csc2ccccc12. The van der Waals surface area contributed by atoms with Gasteiger partial charge in [0.1, 0.15) is 5.82 Å². The van der Waals surface area contributed by atoms with E-state index >= 15 is 0 Å². The zero-order chi connectivity index (χ0) is 18.0. The van der Waals surface area contributed by atoms with Crippen molar-refractivity contribution in [1.82, 2.24) is 5.32 Å². The fourth-order valence-electron chi connectivity index (χ4n) is 2.59. The lowest BCUT2D eigenvalue weighted by Crippen LogP contribution is -2.31. The van der Waals surface area contributed by atoms with Crippen LogP contribution in [0.15, 0.2) is 52.7 Å². The average molecular weight is 376 g/mol. The summed E-state index contributed by atoms with van der Waals surface area (Å²) in [5, 5.41) is 8.60. The van der Waals surface area contributed by atoms with Crippen molar-refractivity contribution in [3.63, 3.8) is 0 Å². The Labute approximate surface area is 151 Å². The van der Waals surface area contributed by atoms with E-state index in [0.717, 1.165) is 15.6 Å². The number of carbonyl (C=O) groups is 1. The molecule has 0 radical (unpaired) electrons. The predicted molar refractivity (Wildman–Crippen MR) is 101 cm³/mol. The molecule has 0 spiro atoms. The summed E-state index contributed by atoms with van der Waals surface area (Å²) in [6, 6.07) is 11.5. The minimum atomic E-state index is -1.41. The molecule has 1 heterocycles. The molecule has 7 heteroatoms. The minimum absolute atomic E-state index is 0.115. The van der Waals surface area contributed by atoms with Crippen LogP contribution in [-0.2, 0) is 10.8 Å². The zero-order valence-electron chi connectivity index (χ0n) is 13.7. The van der Waals surface area contributed by atoms with Gasteiger partial charge in [0.05, 0.1) is 21.7 Å². The maximum atomic E-state index is 13.8. The van der Waals surface area contributed by atoms with Crippen molar-refractivity contribution in [2.45, 2.75) is 17.9 Å². The highest BCUT2D eigenvalue weighted by Gasteiger charge is 2.14. The minimum Gasteiger partial charge on any atom is -0.331 e. The van der Waals surface area contributed by atoms with Crippen molar-refractivity contribution < 1.29 is 13.4 Å². The Balaban J connectivity index is 1.70. The Kier molecular flexibility index (Phi) is 5.15. The standard InChI is InChI=1S/C18H17FN2O2S2/c1-11(14-10-24-16-6-4-3-5-13(14)16)20-18(22)21-12-7-8-17(25(2)23)15(19)9-12/h3-11H,1-2H3,(H2,20,21,22). The third-order valence-corrected chi connectivity index (χ3v) is 5.76. The summed E-state index contributed by atoms with van der Waals surface area (Å²) in [6.45, 7) is 1.90. The highest BCUT2D eigenvalue weighted by Crippen LogP contribution is 2.30. The number of benzene rings is 2. The monoisotopic (exact) mass is 376 g/mol. The average Bonchev–Trinajstić information content (AvgIpc) is 2.98. The normalized spacial score (nSPS) is 13.4. The van der Waals surface area contributed by atoms with Crippen LogP contribution in [0.5, 0.6) is 0 Å². The number of fused-ring (bicyclic) bond motifs is 1. The van der Waals surface area contributed by atoms with E-state index < -0.39 is 22.6 Å². The maximum Gasteiger partial charge on any atom is 0.319 e. The lowest BCUT2D eigenvalue weighted by Gasteiger charge is -2.15. The van der Waals surface area contributed by atoms with Gasteiger partial charge in [-0.1, -0.05) is 18.2 Å². The molecule has 3 rings (SSSR count). The fraction of sp³-hybridized carbons (Fsp3) is 0.167. The van der Waals surface area contributed by atoms with Gasteiger partial charge in [-0.3, -0.25) is 4.21 Å². The molecule has 0 aliphatic rings. The molecule has 2 atom stereocenters. The molecule has 2 amide bonds. The van der Waals surface area contributed by atoms with Crippen LogP contribution < -0.4 is 10.6 Å². The van der Waals surface area contributed by atoms with E-state index in [0.29, 0.717) is 5.69 Å². The van der Waals surface area contributed by atoms with Gasteiger partial charge in [-0.25, -0.2) is 9.18 Å². The highest BCUT2D eigenvalue weighted by atomic mass is 32.2. The number of hydrogen-bond acceptors (Lipinski definition) is 3. The Hall–Kier alpha value is -2.25. The van der Waals surface area contributed by atoms with Crippen LogP contribution in [0.4, 0.5) is 14.9 Å². The number of anilines is 1. The van der Waals surface area contributed by atoms with Crippen molar-refractivity contribution in [2.24, 2.45) is 0 Å². The van der Waals surface area contributed by atoms with Crippen molar-refractivity contribution in [3.05, 3.63) is 59.2 Å². The van der Waals surface area contributed by atoms with Gasteiger partial charge < -0.3 is 10.6 Å². The third-order valence-electron chi connectivity index (χ3n) is 3.82. The number of nitrogens with one attached hydrogen (secondary N) is 2. The van der Waals surface area contributed by atoms with Gasteiger partial charge in [-0.2, -0.15) is 0 Å². The van der Waals surface area contributed by atoms with E-state index in [4.69, 9.17) is 0 Å². The van der Waals surface area contributed by atoms with E-state index in [1.165, 1.54) is 24.5 Å². The first-order valence-electron chi connectivity index (χ1n) is 7.62. The van der Waals surface area contributed by atoms with E-state index in [-0.39, 0.29) is 10.9 Å². The number of urea groups is 1. The summed E-state index contributed by atoms with van der Waals surface area (Å²) >= 11 is 1.63. The molecule has 0 bridgehead atoms. The molecule has 2 unspecified atom stereocenters. The van der Waals surface area contributed by atoms with E-state index in [1.54, 1.807) is 11.3 Å². The van der Waals surface area contributed by atoms with Gasteiger partial charge in [-0.15, -0.1) is 11.3 Å². The van der Waals surface area contributed by atoms with Crippen LogP contribution >= 0.6 is 11.3 Å². The molecule has 0 aliphatic heterocycles. The summed E-state index contributed by atoms with van der Waals surface area (Å²) in [5.74, 6) is -0.601. The Morgan fingerprint density at radius 3 is 2.72 bits per heavy atom. The van der Waals surface area contributed by atoms with Crippen LogP contribution in [0, 0.1) is 5.82 Å². The molecule has 0 saturated carbocycles. The van der Waals surface area contributed by atoms with Crippen molar-refractivity contribution in [1.29, 1.82) is 0 Å². The van der Waals surface area contributed by atoms with Gasteiger partial charge in [0.2, 0.25) is 0 Å². The van der Waals surface area contributed by atoms with Crippen molar-refractivity contribution in [2.75, 3.05) is 11.6 Å². The van der Waals surface area contributed by atoms with Crippen LogP contribution in [0.1, 0.15) is 18.5 Å². The largest absolute Gasteiger partial charge is 0.331 e. The molecule has 2 N–H and O–H groups in total. The van der Waals surface area contributed by atoms with Gasteiger partial charge >= 0.3 is 6.03 Å². The summed E-state index contributed by atoms with van der Waals surface area (Å²) in [7, 11) is -1.41. The number of rotatable bonds is 4. The molecule has 0 saturated heterocycles. The number of carbonyl (C=O) groups excluding carboxylic acids is 1. The Morgan fingerprint density at radius 1 is 1.24 bits per heavy atom. The smallest absolute Gasteiger partial charge is 0.319 e. The molecule has 4 nitrogen and oxygen atoms in total. The zero-order valence-corrected chi connectivity index (χ0v) is 15.3. The Morgan fingerprint density at radius 2 is 2.00 bits per heavy atom. The van der Waals surface area contributed by atoms with Gasteiger partial charge in [-0.05, 0) is 47.5 Å².